The molecule has 7 nitrogen and oxygen atoms in total. The Hall–Kier alpha value is -4.96. The molecule has 0 aliphatic heterocycles. The number of fused-ring (bicyclic) bond motifs is 1. The zero-order valence-corrected chi connectivity index (χ0v) is 18.3. The first-order chi connectivity index (χ1) is 16.6. The Morgan fingerprint density at radius 1 is 0.912 bits per heavy atom. The van der Waals surface area contributed by atoms with Crippen molar-refractivity contribution in [2.45, 2.75) is 0 Å². The van der Waals surface area contributed by atoms with Gasteiger partial charge in [-0.3, -0.25) is 9.20 Å². The third-order valence-electron chi connectivity index (χ3n) is 5.43. The van der Waals surface area contributed by atoms with Gasteiger partial charge in [-0.25, -0.2) is 9.97 Å². The van der Waals surface area contributed by atoms with E-state index in [4.69, 9.17) is 10.00 Å². The standard InChI is InChI=1S/C27H19N5O2/c1-31(21-11-7-19(15-28)8-12-21)27(33)24-18-32-25(16-30-26(32)17-29-24)20-9-13-23(14-10-20)34-22-5-3-2-4-6-22/h2-14,16-18H,1H3. The summed E-state index contributed by atoms with van der Waals surface area (Å²) in [6.07, 6.45) is 5.02. The second-order valence-electron chi connectivity index (χ2n) is 7.61. The Kier molecular flexibility index (Phi) is 5.46. The molecule has 0 saturated carbocycles. The van der Waals surface area contributed by atoms with Crippen LogP contribution < -0.4 is 9.64 Å². The monoisotopic (exact) mass is 445 g/mol. The fourth-order valence-electron chi connectivity index (χ4n) is 3.58. The average Bonchev–Trinajstić information content (AvgIpc) is 3.32. The Balaban J connectivity index is 1.41. The lowest BCUT2D eigenvalue weighted by Gasteiger charge is -2.17. The topological polar surface area (TPSA) is 83.5 Å². The molecule has 0 atom stereocenters. The van der Waals surface area contributed by atoms with Gasteiger partial charge in [-0.2, -0.15) is 5.26 Å². The number of benzene rings is 3. The maximum atomic E-state index is 13.1. The lowest BCUT2D eigenvalue weighted by molar-refractivity contribution is 0.0988. The second kappa shape index (κ2) is 8.88. The van der Waals surface area contributed by atoms with Gasteiger partial charge in [0.2, 0.25) is 0 Å². The Morgan fingerprint density at radius 2 is 1.62 bits per heavy atom. The quantitative estimate of drug-likeness (QED) is 0.365. The van der Waals surface area contributed by atoms with Gasteiger partial charge in [0.1, 0.15) is 17.2 Å². The highest BCUT2D eigenvalue weighted by Crippen LogP contribution is 2.26. The number of para-hydroxylation sites is 1. The highest BCUT2D eigenvalue weighted by atomic mass is 16.5. The third-order valence-corrected chi connectivity index (χ3v) is 5.43. The number of carbonyl (C=O) groups is 1. The van der Waals surface area contributed by atoms with Crippen LogP contribution in [0.2, 0.25) is 0 Å². The van der Waals surface area contributed by atoms with Gasteiger partial charge >= 0.3 is 0 Å². The summed E-state index contributed by atoms with van der Waals surface area (Å²) in [4.78, 5) is 23.3. The fourth-order valence-corrected chi connectivity index (χ4v) is 3.58. The van der Waals surface area contributed by atoms with E-state index in [1.807, 2.05) is 59.0 Å². The van der Waals surface area contributed by atoms with Gasteiger partial charge < -0.3 is 9.64 Å². The van der Waals surface area contributed by atoms with Crippen LogP contribution in [0.25, 0.3) is 16.9 Å². The molecule has 0 aliphatic rings. The first kappa shape index (κ1) is 20.9. The van der Waals surface area contributed by atoms with Gasteiger partial charge in [0.05, 0.1) is 29.7 Å². The van der Waals surface area contributed by atoms with E-state index in [2.05, 4.69) is 16.0 Å². The molecule has 2 aromatic heterocycles. The van der Waals surface area contributed by atoms with Crippen LogP contribution in [-0.2, 0) is 0 Å². The Labute approximate surface area is 196 Å². The maximum absolute atomic E-state index is 13.1. The Bertz CT molecular complexity index is 1500. The van der Waals surface area contributed by atoms with Gasteiger partial charge in [-0.15, -0.1) is 0 Å². The number of imidazole rings is 1. The number of hydrogen-bond acceptors (Lipinski definition) is 5. The minimum Gasteiger partial charge on any atom is -0.457 e. The van der Waals surface area contributed by atoms with Crippen LogP contribution in [0.3, 0.4) is 0 Å². The van der Waals surface area contributed by atoms with E-state index >= 15 is 0 Å². The lowest BCUT2D eigenvalue weighted by Crippen LogP contribution is -2.27. The SMILES string of the molecule is CN(C(=O)c1cn2c(-c3ccc(Oc4ccccc4)cc3)cnc2cn1)c1ccc(C#N)cc1. The highest BCUT2D eigenvalue weighted by Gasteiger charge is 2.17. The summed E-state index contributed by atoms with van der Waals surface area (Å²) in [6.45, 7) is 0. The summed E-state index contributed by atoms with van der Waals surface area (Å²) in [7, 11) is 1.68. The molecule has 0 spiro atoms. The van der Waals surface area contributed by atoms with Crippen molar-refractivity contribution in [1.29, 1.82) is 5.26 Å². The van der Waals surface area contributed by atoms with Crippen LogP contribution in [-0.4, -0.2) is 27.3 Å². The second-order valence-corrected chi connectivity index (χ2v) is 7.61. The van der Waals surface area contributed by atoms with Crippen molar-refractivity contribution in [2.24, 2.45) is 0 Å². The normalized spacial score (nSPS) is 10.6. The molecule has 2 heterocycles. The molecule has 1 amide bonds. The minimum absolute atomic E-state index is 0.266. The smallest absolute Gasteiger partial charge is 0.278 e. The molecule has 3 aromatic carbocycles. The zero-order chi connectivity index (χ0) is 23.5. The average molecular weight is 445 g/mol. The number of anilines is 1. The van der Waals surface area contributed by atoms with E-state index in [1.165, 1.54) is 4.90 Å². The van der Waals surface area contributed by atoms with E-state index in [-0.39, 0.29) is 11.6 Å². The molecule has 0 radical (unpaired) electrons. The predicted molar refractivity (Wildman–Crippen MR) is 129 cm³/mol. The molecule has 34 heavy (non-hydrogen) atoms. The van der Waals surface area contributed by atoms with Crippen LogP contribution in [0.1, 0.15) is 16.1 Å². The molecule has 164 valence electrons. The van der Waals surface area contributed by atoms with Crippen molar-refractivity contribution in [3.05, 3.63) is 109 Å². The highest BCUT2D eigenvalue weighted by molar-refractivity contribution is 6.04. The molecule has 5 rings (SSSR count). The molecule has 0 saturated heterocycles. The van der Waals surface area contributed by atoms with Crippen LogP contribution >= 0.6 is 0 Å². The summed E-state index contributed by atoms with van der Waals surface area (Å²) < 4.78 is 7.72. The molecular weight excluding hydrogens is 426 g/mol. The van der Waals surface area contributed by atoms with Crippen molar-refractivity contribution in [1.82, 2.24) is 14.4 Å². The van der Waals surface area contributed by atoms with Crippen molar-refractivity contribution in [3.63, 3.8) is 0 Å². The third kappa shape index (κ3) is 4.08. The van der Waals surface area contributed by atoms with E-state index in [1.54, 1.807) is 49.9 Å². The largest absolute Gasteiger partial charge is 0.457 e. The molecule has 5 aromatic rings. The number of rotatable bonds is 5. The van der Waals surface area contributed by atoms with Crippen LogP contribution in [0.5, 0.6) is 11.5 Å². The first-order valence-electron chi connectivity index (χ1n) is 10.6. The number of nitrogens with zero attached hydrogens (tertiary/aromatic N) is 5. The summed E-state index contributed by atoms with van der Waals surface area (Å²) in [5, 5.41) is 8.98. The van der Waals surface area contributed by atoms with E-state index in [0.717, 1.165) is 22.8 Å². The number of aromatic nitrogens is 3. The summed E-state index contributed by atoms with van der Waals surface area (Å²) in [5.74, 6) is 1.23. The van der Waals surface area contributed by atoms with Gasteiger partial charge in [-0.05, 0) is 60.7 Å². The molecule has 7 heteroatoms. The van der Waals surface area contributed by atoms with Crippen molar-refractivity contribution in [3.8, 4) is 28.8 Å². The molecule has 0 bridgehead atoms. The van der Waals surface area contributed by atoms with Gasteiger partial charge in [0.15, 0.2) is 5.65 Å². The van der Waals surface area contributed by atoms with Crippen LogP contribution in [0, 0.1) is 11.3 Å². The van der Waals surface area contributed by atoms with Crippen molar-refractivity contribution >= 4 is 17.2 Å². The van der Waals surface area contributed by atoms with Gasteiger partial charge in [0, 0.05) is 24.5 Å². The minimum atomic E-state index is -0.266. The van der Waals surface area contributed by atoms with Gasteiger partial charge in [-0.1, -0.05) is 18.2 Å². The predicted octanol–water partition coefficient (Wildman–Crippen LogP) is 5.34. The zero-order valence-electron chi connectivity index (χ0n) is 18.3. The fraction of sp³-hybridized carbons (Fsp3) is 0.0370. The van der Waals surface area contributed by atoms with E-state index in [0.29, 0.717) is 16.9 Å². The Morgan fingerprint density at radius 3 is 2.32 bits per heavy atom. The van der Waals surface area contributed by atoms with Crippen molar-refractivity contribution in [2.75, 3.05) is 11.9 Å². The molecule has 0 fully saturated rings. The summed E-state index contributed by atoms with van der Waals surface area (Å²) >= 11 is 0. The van der Waals surface area contributed by atoms with E-state index in [9.17, 15) is 4.79 Å². The number of nitriles is 1. The molecule has 0 aliphatic carbocycles. The van der Waals surface area contributed by atoms with Crippen molar-refractivity contribution < 1.29 is 9.53 Å². The van der Waals surface area contributed by atoms with Gasteiger partial charge in [0.25, 0.3) is 5.91 Å². The first-order valence-corrected chi connectivity index (χ1v) is 10.6. The molecular formula is C27H19N5O2. The summed E-state index contributed by atoms with van der Waals surface area (Å²) in [5.41, 5.74) is 3.88. The number of ether oxygens (including phenoxy) is 1. The number of carbonyl (C=O) groups excluding carboxylic acids is 1. The van der Waals surface area contributed by atoms with Crippen LogP contribution in [0.4, 0.5) is 5.69 Å². The van der Waals surface area contributed by atoms with Crippen LogP contribution in [0.15, 0.2) is 97.5 Å². The van der Waals surface area contributed by atoms with E-state index < -0.39 is 0 Å². The maximum Gasteiger partial charge on any atom is 0.278 e. The summed E-state index contributed by atoms with van der Waals surface area (Å²) in [6, 6.07) is 26.2. The number of hydrogen-bond donors (Lipinski definition) is 0. The molecule has 0 N–H and O–H groups in total. The molecule has 0 unspecified atom stereocenters. The lowest BCUT2D eigenvalue weighted by atomic mass is 10.1. The number of amides is 1.